The van der Waals surface area contributed by atoms with E-state index in [1.165, 1.54) is 0 Å². The summed E-state index contributed by atoms with van der Waals surface area (Å²) in [5, 5.41) is 13.0. The minimum atomic E-state index is -0.223. The molecule has 8 heteroatoms. The molecule has 3 aliphatic rings. The molecule has 1 aromatic carbocycles. The first-order valence-electron chi connectivity index (χ1n) is 12.2. The highest BCUT2D eigenvalue weighted by atomic mass is 19.1. The van der Waals surface area contributed by atoms with Gasteiger partial charge in [0.25, 0.3) is 0 Å². The molecule has 5 unspecified atom stereocenters. The van der Waals surface area contributed by atoms with E-state index in [2.05, 4.69) is 39.3 Å². The summed E-state index contributed by atoms with van der Waals surface area (Å²) in [6.45, 7) is 5.77. The fourth-order valence-electron chi connectivity index (χ4n) is 6.03. The molecular formula is C26H33FN6O. The maximum atomic E-state index is 15.3. The molecule has 5 rings (SSSR count). The van der Waals surface area contributed by atoms with Crippen LogP contribution in [-0.4, -0.2) is 44.4 Å². The number of nitrogens with one attached hydrogen (secondary N) is 3. The minimum Gasteiger partial charge on any atom is -0.378 e. The summed E-state index contributed by atoms with van der Waals surface area (Å²) in [4.78, 5) is 6.98. The maximum absolute atomic E-state index is 15.3. The van der Waals surface area contributed by atoms with Gasteiger partial charge in [0, 0.05) is 37.8 Å². The number of ether oxygens (including phenoxy) is 1. The lowest BCUT2D eigenvalue weighted by Crippen LogP contribution is -2.39. The van der Waals surface area contributed by atoms with Gasteiger partial charge in [-0.2, -0.15) is 5.26 Å². The molecule has 180 valence electrons. The predicted molar refractivity (Wildman–Crippen MR) is 129 cm³/mol. The number of hydrogen-bond acceptors (Lipinski definition) is 7. The van der Waals surface area contributed by atoms with E-state index in [4.69, 9.17) is 9.72 Å². The Kier molecular flexibility index (Phi) is 6.79. The van der Waals surface area contributed by atoms with Gasteiger partial charge in [-0.1, -0.05) is 12.1 Å². The zero-order valence-corrected chi connectivity index (χ0v) is 19.9. The number of aromatic nitrogens is 1. The van der Waals surface area contributed by atoms with Crippen molar-refractivity contribution < 1.29 is 9.13 Å². The Bertz CT molecular complexity index is 1030. The van der Waals surface area contributed by atoms with Crippen LogP contribution >= 0.6 is 0 Å². The number of morpholine rings is 1. The van der Waals surface area contributed by atoms with Crippen LogP contribution in [0.1, 0.15) is 47.1 Å². The number of hydrogen-bond donors (Lipinski definition) is 3. The van der Waals surface area contributed by atoms with Crippen LogP contribution < -0.4 is 21.1 Å². The van der Waals surface area contributed by atoms with Crippen molar-refractivity contribution >= 4 is 5.82 Å². The number of anilines is 1. The van der Waals surface area contributed by atoms with Gasteiger partial charge in [-0.25, -0.2) is 14.8 Å². The quantitative estimate of drug-likeness (QED) is 0.627. The van der Waals surface area contributed by atoms with Gasteiger partial charge in [0.15, 0.2) is 0 Å². The Morgan fingerprint density at radius 2 is 2.06 bits per heavy atom. The minimum absolute atomic E-state index is 0.0744. The van der Waals surface area contributed by atoms with E-state index in [0.717, 1.165) is 55.2 Å². The van der Waals surface area contributed by atoms with Gasteiger partial charge in [-0.3, -0.25) is 5.43 Å². The van der Waals surface area contributed by atoms with Crippen molar-refractivity contribution in [2.75, 3.05) is 38.3 Å². The Morgan fingerprint density at radius 1 is 1.24 bits per heavy atom. The molecule has 2 saturated heterocycles. The highest BCUT2D eigenvalue weighted by Crippen LogP contribution is 2.48. The van der Waals surface area contributed by atoms with Gasteiger partial charge in [0.1, 0.15) is 11.6 Å². The highest BCUT2D eigenvalue weighted by Gasteiger charge is 2.46. The Hall–Kier alpha value is -2.57. The molecule has 2 aliphatic heterocycles. The number of nitriles is 1. The fourth-order valence-corrected chi connectivity index (χ4v) is 6.03. The lowest BCUT2D eigenvalue weighted by atomic mass is 9.66. The summed E-state index contributed by atoms with van der Waals surface area (Å²) in [5.74, 6) is 0.682. The van der Waals surface area contributed by atoms with Crippen LogP contribution in [0.5, 0.6) is 0 Å². The third-order valence-electron chi connectivity index (χ3n) is 7.67. The van der Waals surface area contributed by atoms with Crippen LogP contribution in [-0.2, 0) is 11.3 Å². The van der Waals surface area contributed by atoms with E-state index in [1.54, 1.807) is 6.07 Å². The van der Waals surface area contributed by atoms with E-state index in [0.29, 0.717) is 18.5 Å². The summed E-state index contributed by atoms with van der Waals surface area (Å²) in [7, 11) is 1.86. The van der Waals surface area contributed by atoms with Crippen molar-refractivity contribution in [3.63, 3.8) is 0 Å². The molecule has 1 aliphatic carbocycles. The topological polar surface area (TPSA) is 85.2 Å². The first kappa shape index (κ1) is 23.2. The molecule has 0 radical (unpaired) electrons. The maximum Gasteiger partial charge on any atom is 0.128 e. The molecule has 1 saturated carbocycles. The predicted octanol–water partition coefficient (Wildman–Crippen LogP) is 2.94. The van der Waals surface area contributed by atoms with Gasteiger partial charge < -0.3 is 15.0 Å². The first-order chi connectivity index (χ1) is 16.6. The molecule has 5 atom stereocenters. The van der Waals surface area contributed by atoms with E-state index < -0.39 is 0 Å². The monoisotopic (exact) mass is 464 g/mol. The average Bonchev–Trinajstić information content (AvgIpc) is 3.27. The summed E-state index contributed by atoms with van der Waals surface area (Å²) in [5.41, 5.74) is 10.6. The lowest BCUT2D eigenvalue weighted by Gasteiger charge is -2.37. The van der Waals surface area contributed by atoms with E-state index >= 15 is 4.39 Å². The molecule has 3 N–H and O–H groups in total. The second-order valence-corrected chi connectivity index (χ2v) is 9.74. The number of fused-ring (bicyclic) bond motifs is 1. The molecule has 34 heavy (non-hydrogen) atoms. The van der Waals surface area contributed by atoms with Gasteiger partial charge >= 0.3 is 0 Å². The second kappa shape index (κ2) is 9.96. The van der Waals surface area contributed by atoms with Gasteiger partial charge in [0.2, 0.25) is 0 Å². The van der Waals surface area contributed by atoms with Crippen LogP contribution in [0.3, 0.4) is 0 Å². The van der Waals surface area contributed by atoms with Crippen molar-refractivity contribution in [3.8, 4) is 6.07 Å². The highest BCUT2D eigenvalue weighted by molar-refractivity contribution is 5.41. The van der Waals surface area contributed by atoms with Crippen molar-refractivity contribution in [2.45, 2.75) is 44.3 Å². The van der Waals surface area contributed by atoms with Crippen molar-refractivity contribution in [3.05, 3.63) is 58.5 Å². The third kappa shape index (κ3) is 4.41. The summed E-state index contributed by atoms with van der Waals surface area (Å²) in [6, 6.07) is 10.6. The number of pyridine rings is 1. The standard InChI is InChI=1S/C26H33FN6O/c1-16-9-17(14-29-2)10-22(27)25(16)20-12-21-23(11-19(20)13-28)31-32-26(21)18-3-4-24(30-15-18)33-5-7-34-8-6-33/h3-4,9-10,15,19-21,23,26,29,31-32H,5-8,11-12,14H2,1-2H3. The smallest absolute Gasteiger partial charge is 0.128 e. The second-order valence-electron chi connectivity index (χ2n) is 9.74. The van der Waals surface area contributed by atoms with Crippen molar-refractivity contribution in [1.82, 2.24) is 21.2 Å². The number of nitrogens with zero attached hydrogens (tertiary/aromatic N) is 3. The van der Waals surface area contributed by atoms with Gasteiger partial charge in [-0.15, -0.1) is 0 Å². The zero-order chi connectivity index (χ0) is 23.7. The van der Waals surface area contributed by atoms with Crippen LogP contribution in [0.4, 0.5) is 10.2 Å². The average molecular weight is 465 g/mol. The van der Waals surface area contributed by atoms with Crippen molar-refractivity contribution in [1.29, 1.82) is 5.26 Å². The van der Waals surface area contributed by atoms with Gasteiger partial charge in [-0.05, 0) is 67.1 Å². The number of halogens is 1. The summed E-state index contributed by atoms with van der Waals surface area (Å²) >= 11 is 0. The van der Waals surface area contributed by atoms with Crippen LogP contribution in [0.2, 0.25) is 0 Å². The molecule has 0 amide bonds. The lowest BCUT2D eigenvalue weighted by molar-refractivity contribution is 0.122. The SMILES string of the molecule is CNCc1cc(C)c(C2CC3C(CC2C#N)NNC3c2ccc(N3CCOCC3)nc2)c(F)c1. The molecule has 0 bridgehead atoms. The van der Waals surface area contributed by atoms with Crippen LogP contribution in [0.25, 0.3) is 0 Å². The van der Waals surface area contributed by atoms with Crippen LogP contribution in [0.15, 0.2) is 30.5 Å². The summed E-state index contributed by atoms with van der Waals surface area (Å²) < 4.78 is 20.8. The fraction of sp³-hybridized carbons (Fsp3) is 0.538. The van der Waals surface area contributed by atoms with Crippen LogP contribution in [0, 0.1) is 35.9 Å². The molecule has 1 aromatic heterocycles. The van der Waals surface area contributed by atoms with E-state index in [9.17, 15) is 5.26 Å². The molecule has 3 heterocycles. The Labute approximate surface area is 200 Å². The van der Waals surface area contributed by atoms with Crippen molar-refractivity contribution in [2.24, 2.45) is 11.8 Å². The Morgan fingerprint density at radius 3 is 2.74 bits per heavy atom. The zero-order valence-electron chi connectivity index (χ0n) is 19.9. The van der Waals surface area contributed by atoms with Gasteiger partial charge in [0.05, 0.1) is 31.2 Å². The first-order valence-corrected chi connectivity index (χ1v) is 12.2. The molecule has 0 spiro atoms. The molecule has 3 fully saturated rings. The number of aryl methyl sites for hydroxylation is 1. The third-order valence-corrected chi connectivity index (χ3v) is 7.67. The molecule has 7 nitrogen and oxygen atoms in total. The molecule has 2 aromatic rings. The largest absolute Gasteiger partial charge is 0.378 e. The number of benzene rings is 1. The van der Waals surface area contributed by atoms with E-state index in [-0.39, 0.29) is 35.7 Å². The number of hydrazine groups is 1. The van der Waals surface area contributed by atoms with E-state index in [1.807, 2.05) is 26.2 Å². The summed E-state index contributed by atoms with van der Waals surface area (Å²) in [6.07, 6.45) is 3.41. The number of rotatable bonds is 5. The Balaban J connectivity index is 1.38. The normalized spacial score (nSPS) is 29.0. The molecular weight excluding hydrogens is 431 g/mol.